The first-order valence-corrected chi connectivity index (χ1v) is 4.82. The molecule has 14 heavy (non-hydrogen) atoms. The van der Waals surface area contributed by atoms with Crippen molar-refractivity contribution < 1.29 is 0 Å². The van der Waals surface area contributed by atoms with Crippen LogP contribution in [0.4, 0.5) is 0 Å². The first-order valence-electron chi connectivity index (χ1n) is 4.82. The first kappa shape index (κ1) is 7.68. The summed E-state index contributed by atoms with van der Waals surface area (Å²) in [4.78, 5) is 6.69. The number of aromatic nitrogens is 2. The Bertz CT molecular complexity index is 558. The fraction of sp³-hybridized carbons (Fsp3) is 0.167. The van der Waals surface area contributed by atoms with E-state index in [4.69, 9.17) is 0 Å². The normalized spacial score (nSPS) is 11.6. The zero-order valence-electron chi connectivity index (χ0n) is 8.31. The number of nitrogens with one attached hydrogen (secondary N) is 2. The molecule has 2 nitrogen and oxygen atoms in total. The van der Waals surface area contributed by atoms with E-state index >= 15 is 0 Å². The smallest absolute Gasteiger partial charge is 0.0463 e. The van der Waals surface area contributed by atoms with Gasteiger partial charge in [0, 0.05) is 33.2 Å². The van der Waals surface area contributed by atoms with Gasteiger partial charge in [-0.25, -0.2) is 0 Å². The van der Waals surface area contributed by atoms with Gasteiger partial charge in [-0.15, -0.1) is 0 Å². The molecule has 0 saturated carbocycles. The summed E-state index contributed by atoms with van der Waals surface area (Å²) in [6, 6.07) is 8.65. The minimum absolute atomic E-state index is 1.21. The van der Waals surface area contributed by atoms with Crippen LogP contribution in [0, 0.1) is 13.8 Å². The van der Waals surface area contributed by atoms with E-state index in [-0.39, 0.29) is 0 Å². The van der Waals surface area contributed by atoms with E-state index in [1.807, 2.05) is 0 Å². The van der Waals surface area contributed by atoms with Gasteiger partial charge in [0.05, 0.1) is 0 Å². The third-order valence-corrected chi connectivity index (χ3v) is 2.67. The maximum absolute atomic E-state index is 3.35. The Hall–Kier alpha value is -1.70. The first-order chi connectivity index (χ1) is 6.74. The highest BCUT2D eigenvalue weighted by atomic mass is 14.7. The zero-order valence-corrected chi connectivity index (χ0v) is 8.31. The van der Waals surface area contributed by atoms with E-state index in [1.165, 1.54) is 33.2 Å². The predicted octanol–water partition coefficient (Wildman–Crippen LogP) is 3.27. The Kier molecular flexibility index (Phi) is 1.32. The lowest BCUT2D eigenvalue weighted by Gasteiger charge is -1.91. The molecule has 70 valence electrons. The molecule has 3 rings (SSSR count). The number of rotatable bonds is 0. The summed E-state index contributed by atoms with van der Waals surface area (Å²) >= 11 is 0. The molecular formula is C12H12N2. The van der Waals surface area contributed by atoms with Crippen molar-refractivity contribution in [3.63, 3.8) is 0 Å². The number of hydrogen-bond donors (Lipinski definition) is 2. The quantitative estimate of drug-likeness (QED) is 0.537. The van der Waals surface area contributed by atoms with Crippen LogP contribution in [-0.4, -0.2) is 9.97 Å². The minimum Gasteiger partial charge on any atom is -0.359 e. The van der Waals surface area contributed by atoms with Crippen molar-refractivity contribution in [1.82, 2.24) is 9.97 Å². The highest BCUT2D eigenvalue weighted by Crippen LogP contribution is 2.26. The maximum atomic E-state index is 3.35. The third-order valence-electron chi connectivity index (χ3n) is 2.67. The molecule has 3 aromatic rings. The van der Waals surface area contributed by atoms with Crippen LogP contribution in [0.3, 0.4) is 0 Å². The maximum Gasteiger partial charge on any atom is 0.0463 e. The average molecular weight is 184 g/mol. The lowest BCUT2D eigenvalue weighted by atomic mass is 10.1. The Morgan fingerprint density at radius 2 is 1.21 bits per heavy atom. The van der Waals surface area contributed by atoms with Crippen molar-refractivity contribution in [3.05, 3.63) is 35.7 Å². The van der Waals surface area contributed by atoms with Crippen molar-refractivity contribution in [2.75, 3.05) is 0 Å². The molecule has 0 saturated heterocycles. The standard InChI is InChI=1S/C12H12N2/c1-7-5-9-10-6-8(2)14-12(10)4-3-11(9)13-7/h3-6,13-14H,1-2H3. The van der Waals surface area contributed by atoms with Crippen molar-refractivity contribution in [2.45, 2.75) is 13.8 Å². The lowest BCUT2D eigenvalue weighted by Crippen LogP contribution is -1.70. The number of benzene rings is 1. The van der Waals surface area contributed by atoms with Crippen LogP contribution in [-0.2, 0) is 0 Å². The number of hydrogen-bond acceptors (Lipinski definition) is 0. The number of aromatic amines is 2. The minimum atomic E-state index is 1.21. The Balaban J connectivity index is 2.58. The molecule has 0 aliphatic carbocycles. The molecule has 2 aromatic heterocycles. The second-order valence-electron chi connectivity index (χ2n) is 3.89. The van der Waals surface area contributed by atoms with Gasteiger partial charge in [-0.1, -0.05) is 0 Å². The lowest BCUT2D eigenvalue weighted by molar-refractivity contribution is 1.29. The second kappa shape index (κ2) is 2.41. The Labute approximate surface area is 81.9 Å². The molecule has 2 N–H and O–H groups in total. The summed E-state index contributed by atoms with van der Waals surface area (Å²) < 4.78 is 0. The van der Waals surface area contributed by atoms with Crippen LogP contribution in [0.2, 0.25) is 0 Å². The van der Waals surface area contributed by atoms with Gasteiger partial charge in [0.2, 0.25) is 0 Å². The summed E-state index contributed by atoms with van der Waals surface area (Å²) in [5, 5.41) is 2.62. The fourth-order valence-electron chi connectivity index (χ4n) is 2.10. The summed E-state index contributed by atoms with van der Waals surface area (Å²) in [6.07, 6.45) is 0. The largest absolute Gasteiger partial charge is 0.359 e. The Morgan fingerprint density at radius 3 is 1.64 bits per heavy atom. The van der Waals surface area contributed by atoms with Crippen molar-refractivity contribution >= 4 is 21.8 Å². The Morgan fingerprint density at radius 1 is 0.786 bits per heavy atom. The fourth-order valence-corrected chi connectivity index (χ4v) is 2.10. The number of H-pyrrole nitrogens is 2. The molecule has 0 aliphatic rings. The van der Waals surface area contributed by atoms with Crippen LogP contribution in [0.1, 0.15) is 11.4 Å². The SMILES string of the molecule is Cc1cc2c(ccc3[nH]c(C)cc32)[nH]1. The van der Waals surface area contributed by atoms with E-state index in [1.54, 1.807) is 0 Å². The molecule has 2 heterocycles. The van der Waals surface area contributed by atoms with Gasteiger partial charge in [-0.05, 0) is 38.1 Å². The molecule has 0 aliphatic heterocycles. The molecule has 0 atom stereocenters. The van der Waals surface area contributed by atoms with Crippen molar-refractivity contribution in [3.8, 4) is 0 Å². The predicted molar refractivity (Wildman–Crippen MR) is 59.6 cm³/mol. The molecule has 1 aromatic carbocycles. The summed E-state index contributed by atoms with van der Waals surface area (Å²) in [5.41, 5.74) is 4.86. The van der Waals surface area contributed by atoms with E-state index in [9.17, 15) is 0 Å². The number of fused-ring (bicyclic) bond motifs is 3. The summed E-state index contributed by atoms with van der Waals surface area (Å²) in [6.45, 7) is 4.18. The monoisotopic (exact) mass is 184 g/mol. The van der Waals surface area contributed by atoms with Gasteiger partial charge in [0.15, 0.2) is 0 Å². The summed E-state index contributed by atoms with van der Waals surface area (Å²) in [5.74, 6) is 0. The van der Waals surface area contributed by atoms with E-state index in [0.717, 1.165) is 0 Å². The second-order valence-corrected chi connectivity index (χ2v) is 3.89. The van der Waals surface area contributed by atoms with E-state index in [0.29, 0.717) is 0 Å². The zero-order chi connectivity index (χ0) is 9.71. The van der Waals surface area contributed by atoms with Gasteiger partial charge < -0.3 is 9.97 Å². The van der Waals surface area contributed by atoms with Gasteiger partial charge in [0.1, 0.15) is 0 Å². The van der Waals surface area contributed by atoms with Crippen LogP contribution < -0.4 is 0 Å². The van der Waals surface area contributed by atoms with Crippen LogP contribution in [0.5, 0.6) is 0 Å². The molecule has 0 spiro atoms. The highest BCUT2D eigenvalue weighted by molar-refractivity contribution is 6.06. The van der Waals surface area contributed by atoms with Gasteiger partial charge in [-0.3, -0.25) is 0 Å². The van der Waals surface area contributed by atoms with Crippen LogP contribution in [0.25, 0.3) is 21.8 Å². The molecule has 0 radical (unpaired) electrons. The van der Waals surface area contributed by atoms with Gasteiger partial charge in [0.25, 0.3) is 0 Å². The topological polar surface area (TPSA) is 31.6 Å². The average Bonchev–Trinajstić information content (AvgIpc) is 2.65. The molecule has 0 fully saturated rings. The molecule has 0 unspecified atom stereocenters. The molecule has 2 heteroatoms. The van der Waals surface area contributed by atoms with Crippen molar-refractivity contribution in [2.24, 2.45) is 0 Å². The highest BCUT2D eigenvalue weighted by Gasteiger charge is 2.04. The van der Waals surface area contributed by atoms with Gasteiger partial charge in [-0.2, -0.15) is 0 Å². The van der Waals surface area contributed by atoms with Crippen LogP contribution in [0.15, 0.2) is 24.3 Å². The molecular weight excluding hydrogens is 172 g/mol. The van der Waals surface area contributed by atoms with Crippen LogP contribution >= 0.6 is 0 Å². The van der Waals surface area contributed by atoms with Crippen molar-refractivity contribution in [1.29, 1.82) is 0 Å². The summed E-state index contributed by atoms with van der Waals surface area (Å²) in [7, 11) is 0. The molecule has 0 bridgehead atoms. The van der Waals surface area contributed by atoms with Gasteiger partial charge >= 0.3 is 0 Å². The third kappa shape index (κ3) is 0.909. The van der Waals surface area contributed by atoms with E-state index in [2.05, 4.69) is 48.1 Å². The van der Waals surface area contributed by atoms with E-state index < -0.39 is 0 Å². The molecule has 0 amide bonds. The number of aryl methyl sites for hydroxylation is 2.